The Morgan fingerprint density at radius 3 is 2.60 bits per heavy atom. The third-order valence-corrected chi connectivity index (χ3v) is 4.32. The molecule has 9 heteroatoms. The topological polar surface area (TPSA) is 129 Å². The van der Waals surface area contributed by atoms with Crippen LogP contribution in [-0.4, -0.2) is 40.3 Å². The number of H-pyrrole nitrogens is 1. The normalized spacial score (nSPS) is 11.9. The zero-order valence-electron chi connectivity index (χ0n) is 17.1. The van der Waals surface area contributed by atoms with Crippen LogP contribution in [0, 0.1) is 24.0 Å². The number of rotatable bonds is 8. The van der Waals surface area contributed by atoms with Gasteiger partial charge >= 0.3 is 11.9 Å². The quantitative estimate of drug-likeness (QED) is 0.230. The number of non-ortho nitro benzene ring substituents is 1. The molecule has 0 saturated heterocycles. The third-order valence-electron chi connectivity index (χ3n) is 4.32. The summed E-state index contributed by atoms with van der Waals surface area (Å²) in [7, 11) is 0. The monoisotopic (exact) mass is 414 g/mol. The van der Waals surface area contributed by atoms with Gasteiger partial charge in [-0.05, 0) is 44.9 Å². The van der Waals surface area contributed by atoms with Crippen LogP contribution in [0.25, 0.3) is 6.08 Å². The first-order valence-corrected chi connectivity index (χ1v) is 9.19. The number of nitrogens with one attached hydrogen (secondary N) is 1. The summed E-state index contributed by atoms with van der Waals surface area (Å²) in [6.45, 7) is 6.57. The third kappa shape index (κ3) is 5.19. The lowest BCUT2D eigenvalue weighted by Crippen LogP contribution is -2.24. The van der Waals surface area contributed by atoms with Gasteiger partial charge in [-0.25, -0.2) is 9.59 Å². The zero-order chi connectivity index (χ0) is 22.4. The number of carbonyl (C=O) groups excluding carboxylic acids is 3. The lowest BCUT2D eigenvalue weighted by Gasteiger charge is -2.10. The van der Waals surface area contributed by atoms with Gasteiger partial charge in [-0.3, -0.25) is 14.9 Å². The van der Waals surface area contributed by atoms with Crippen LogP contribution >= 0.6 is 0 Å². The summed E-state index contributed by atoms with van der Waals surface area (Å²) in [6.07, 6.45) is 1.33. The highest BCUT2D eigenvalue weighted by Crippen LogP contribution is 2.21. The molecule has 0 aliphatic carbocycles. The van der Waals surface area contributed by atoms with E-state index in [0.717, 1.165) is 6.08 Å². The van der Waals surface area contributed by atoms with Gasteiger partial charge in [0.25, 0.3) is 5.69 Å². The molecule has 1 heterocycles. The molecule has 30 heavy (non-hydrogen) atoms. The predicted octanol–water partition coefficient (Wildman–Crippen LogP) is 3.54. The number of benzene rings is 1. The maximum Gasteiger partial charge on any atom is 0.340 e. The molecule has 1 aromatic carbocycles. The van der Waals surface area contributed by atoms with Crippen LogP contribution in [-0.2, 0) is 14.3 Å². The molecule has 1 atom stereocenters. The number of aromatic amines is 1. The van der Waals surface area contributed by atoms with Crippen molar-refractivity contribution in [2.45, 2.75) is 33.8 Å². The number of ether oxygens (including phenoxy) is 2. The lowest BCUT2D eigenvalue weighted by atomic mass is 10.1. The second-order valence-corrected chi connectivity index (χ2v) is 6.47. The Morgan fingerprint density at radius 1 is 1.27 bits per heavy atom. The van der Waals surface area contributed by atoms with Crippen LogP contribution < -0.4 is 0 Å². The van der Waals surface area contributed by atoms with Gasteiger partial charge in [0.15, 0.2) is 6.10 Å². The Labute approximate surface area is 172 Å². The van der Waals surface area contributed by atoms with E-state index in [-0.39, 0.29) is 23.6 Å². The number of aromatic nitrogens is 1. The van der Waals surface area contributed by atoms with E-state index in [1.54, 1.807) is 26.8 Å². The second-order valence-electron chi connectivity index (χ2n) is 6.47. The molecule has 1 aromatic heterocycles. The molecule has 0 fully saturated rings. The summed E-state index contributed by atoms with van der Waals surface area (Å²) >= 11 is 0. The molecule has 158 valence electrons. The molecule has 9 nitrogen and oxygen atoms in total. The summed E-state index contributed by atoms with van der Waals surface area (Å²) in [5.41, 5.74) is 1.69. The molecule has 0 amide bonds. The van der Waals surface area contributed by atoms with Crippen LogP contribution in [0.1, 0.15) is 51.5 Å². The van der Waals surface area contributed by atoms with E-state index in [1.165, 1.54) is 31.2 Å². The number of esters is 2. The maximum absolute atomic E-state index is 12.7. The number of aryl methyl sites for hydroxylation is 1. The fourth-order valence-corrected chi connectivity index (χ4v) is 2.88. The summed E-state index contributed by atoms with van der Waals surface area (Å²) < 4.78 is 10.1. The molecular formula is C21H22N2O7. The smallest absolute Gasteiger partial charge is 0.340 e. The van der Waals surface area contributed by atoms with Crippen molar-refractivity contribution in [2.75, 3.05) is 6.61 Å². The molecule has 0 unspecified atom stereocenters. The molecular weight excluding hydrogens is 392 g/mol. The minimum atomic E-state index is -1.11. The average molecular weight is 414 g/mol. The molecule has 2 rings (SSSR count). The standard InChI is InChI=1S/C21H22N2O7/c1-5-29-21(26)18-12(2)19(22-13(18)3)20(25)14(4)30-17(24)10-9-15-7-6-8-16(11-15)23(27)28/h6-11,14,22H,5H2,1-4H3/b10-9+/t14-/m1/s1. The van der Waals surface area contributed by atoms with E-state index in [0.29, 0.717) is 16.8 Å². The fraction of sp³-hybridized carbons (Fsp3) is 0.286. The summed E-state index contributed by atoms with van der Waals surface area (Å²) in [5, 5.41) is 10.8. The lowest BCUT2D eigenvalue weighted by molar-refractivity contribution is -0.384. The average Bonchev–Trinajstić information content (AvgIpc) is 3.00. The van der Waals surface area contributed by atoms with Gasteiger partial charge in [0.2, 0.25) is 5.78 Å². The predicted molar refractivity (Wildman–Crippen MR) is 108 cm³/mol. The summed E-state index contributed by atoms with van der Waals surface area (Å²) in [5.74, 6) is -1.82. The van der Waals surface area contributed by atoms with Crippen LogP contribution in [0.2, 0.25) is 0 Å². The Balaban J connectivity index is 2.10. The van der Waals surface area contributed by atoms with Crippen molar-refractivity contribution in [1.82, 2.24) is 4.98 Å². The number of nitro groups is 1. The van der Waals surface area contributed by atoms with Crippen molar-refractivity contribution in [2.24, 2.45) is 0 Å². The number of hydrogen-bond acceptors (Lipinski definition) is 7. The SMILES string of the molecule is CCOC(=O)c1c(C)[nH]c(C(=O)[C@@H](C)OC(=O)/C=C/c2cccc([N+](=O)[O-])c2)c1C. The number of hydrogen-bond donors (Lipinski definition) is 1. The minimum Gasteiger partial charge on any atom is -0.462 e. The zero-order valence-corrected chi connectivity index (χ0v) is 17.1. The molecule has 0 radical (unpaired) electrons. The molecule has 0 aliphatic heterocycles. The highest BCUT2D eigenvalue weighted by Gasteiger charge is 2.27. The Bertz CT molecular complexity index is 1020. The van der Waals surface area contributed by atoms with E-state index in [9.17, 15) is 24.5 Å². The number of Topliss-reactive ketones (excluding diaryl/α,β-unsaturated/α-hetero) is 1. The van der Waals surface area contributed by atoms with Gasteiger partial charge in [-0.15, -0.1) is 0 Å². The molecule has 2 aromatic rings. The molecule has 0 bridgehead atoms. The van der Waals surface area contributed by atoms with Gasteiger partial charge in [-0.2, -0.15) is 0 Å². The number of carbonyl (C=O) groups is 3. The molecule has 0 saturated carbocycles. The molecule has 0 spiro atoms. The van der Waals surface area contributed by atoms with Crippen molar-refractivity contribution in [3.8, 4) is 0 Å². The highest BCUT2D eigenvalue weighted by atomic mass is 16.6. The fourth-order valence-electron chi connectivity index (χ4n) is 2.88. The van der Waals surface area contributed by atoms with Crippen LogP contribution in [0.4, 0.5) is 5.69 Å². The van der Waals surface area contributed by atoms with Crippen LogP contribution in [0.5, 0.6) is 0 Å². The van der Waals surface area contributed by atoms with Crippen molar-refractivity contribution in [3.63, 3.8) is 0 Å². The molecule has 0 aliphatic rings. The number of nitrogens with zero attached hydrogens (tertiary/aromatic N) is 1. The molecule has 1 N–H and O–H groups in total. The minimum absolute atomic E-state index is 0.107. The number of ketones is 1. The van der Waals surface area contributed by atoms with Crippen molar-refractivity contribution < 1.29 is 28.8 Å². The first-order chi connectivity index (χ1) is 14.1. The van der Waals surface area contributed by atoms with E-state index in [4.69, 9.17) is 9.47 Å². The van der Waals surface area contributed by atoms with Crippen LogP contribution in [0.15, 0.2) is 30.3 Å². The Morgan fingerprint density at radius 2 is 1.97 bits per heavy atom. The van der Waals surface area contributed by atoms with Gasteiger partial charge in [0.05, 0.1) is 22.8 Å². The van der Waals surface area contributed by atoms with Crippen LogP contribution in [0.3, 0.4) is 0 Å². The first kappa shape index (κ1) is 22.5. The van der Waals surface area contributed by atoms with Crippen molar-refractivity contribution in [1.29, 1.82) is 0 Å². The van der Waals surface area contributed by atoms with E-state index in [1.807, 2.05) is 0 Å². The van der Waals surface area contributed by atoms with Gasteiger partial charge in [0.1, 0.15) is 0 Å². The number of nitro benzene ring substituents is 1. The van der Waals surface area contributed by atoms with Crippen molar-refractivity contribution in [3.05, 3.63) is 68.5 Å². The maximum atomic E-state index is 12.7. The van der Waals surface area contributed by atoms with E-state index >= 15 is 0 Å². The summed E-state index contributed by atoms with van der Waals surface area (Å²) in [4.78, 5) is 49.9. The van der Waals surface area contributed by atoms with Crippen molar-refractivity contribution >= 4 is 29.5 Å². The van der Waals surface area contributed by atoms with Gasteiger partial charge in [0, 0.05) is 23.9 Å². The van der Waals surface area contributed by atoms with Gasteiger partial charge < -0.3 is 14.5 Å². The van der Waals surface area contributed by atoms with E-state index < -0.39 is 28.7 Å². The van der Waals surface area contributed by atoms with E-state index in [2.05, 4.69) is 4.98 Å². The first-order valence-electron chi connectivity index (χ1n) is 9.19. The summed E-state index contributed by atoms with van der Waals surface area (Å²) in [6, 6.07) is 5.72. The largest absolute Gasteiger partial charge is 0.462 e. The Hall–Kier alpha value is -3.75. The second kappa shape index (κ2) is 9.64. The van der Waals surface area contributed by atoms with Gasteiger partial charge in [-0.1, -0.05) is 12.1 Å². The Kier molecular flexibility index (Phi) is 7.24. The highest BCUT2D eigenvalue weighted by molar-refractivity contribution is 6.04.